The number of pyridine rings is 1. The third-order valence-electron chi connectivity index (χ3n) is 4.21. The Morgan fingerprint density at radius 3 is 2.66 bits per heavy atom. The van der Waals surface area contributed by atoms with Gasteiger partial charge in [0.2, 0.25) is 0 Å². The summed E-state index contributed by atoms with van der Waals surface area (Å²) in [5.41, 5.74) is 1.02. The predicted molar refractivity (Wildman–Crippen MR) is 109 cm³/mol. The van der Waals surface area contributed by atoms with Crippen LogP contribution in [0.1, 0.15) is 10.4 Å². The SMILES string of the molecule is CS(=O)(=O)c1ccc(NCCNC(=O)c2cccc3ncccc23)c([N+](=O)[O-])c1. The van der Waals surface area contributed by atoms with Crippen molar-refractivity contribution in [1.29, 1.82) is 0 Å². The maximum atomic E-state index is 12.5. The molecule has 0 spiro atoms. The van der Waals surface area contributed by atoms with Gasteiger partial charge in [-0.1, -0.05) is 12.1 Å². The molecule has 2 N–H and O–H groups in total. The van der Waals surface area contributed by atoms with Gasteiger partial charge in [0.05, 0.1) is 15.3 Å². The molecule has 0 radical (unpaired) electrons. The average Bonchev–Trinajstić information content (AvgIpc) is 2.69. The molecular formula is C19H18N4O5S. The van der Waals surface area contributed by atoms with Crippen LogP contribution in [0.2, 0.25) is 0 Å². The number of carbonyl (C=O) groups excluding carboxylic acids is 1. The molecule has 0 saturated heterocycles. The zero-order valence-electron chi connectivity index (χ0n) is 15.5. The monoisotopic (exact) mass is 414 g/mol. The Kier molecular flexibility index (Phi) is 5.74. The lowest BCUT2D eigenvalue weighted by molar-refractivity contribution is -0.384. The predicted octanol–water partition coefficient (Wildman–Crippen LogP) is 2.39. The van der Waals surface area contributed by atoms with Crippen molar-refractivity contribution in [3.05, 3.63) is 70.4 Å². The number of hydrogen-bond donors (Lipinski definition) is 2. The van der Waals surface area contributed by atoms with E-state index in [1.807, 2.05) is 12.1 Å². The zero-order chi connectivity index (χ0) is 21.0. The Bertz CT molecular complexity index is 1190. The van der Waals surface area contributed by atoms with Crippen LogP contribution in [0.3, 0.4) is 0 Å². The molecule has 2 aromatic carbocycles. The summed E-state index contributed by atoms with van der Waals surface area (Å²) >= 11 is 0. The molecule has 0 atom stereocenters. The first-order chi connectivity index (χ1) is 13.8. The van der Waals surface area contributed by atoms with E-state index in [0.29, 0.717) is 11.1 Å². The molecular weight excluding hydrogens is 396 g/mol. The van der Waals surface area contributed by atoms with Crippen LogP contribution in [0.25, 0.3) is 10.9 Å². The fourth-order valence-corrected chi connectivity index (χ4v) is 3.45. The first kappa shape index (κ1) is 20.2. The van der Waals surface area contributed by atoms with Crippen molar-refractivity contribution in [3.63, 3.8) is 0 Å². The first-order valence-electron chi connectivity index (χ1n) is 8.61. The fourth-order valence-electron chi connectivity index (χ4n) is 2.81. The Morgan fingerprint density at radius 2 is 1.93 bits per heavy atom. The van der Waals surface area contributed by atoms with E-state index in [9.17, 15) is 23.3 Å². The second kappa shape index (κ2) is 8.23. The van der Waals surface area contributed by atoms with Gasteiger partial charge < -0.3 is 10.6 Å². The number of nitro benzene ring substituents is 1. The molecule has 9 nitrogen and oxygen atoms in total. The van der Waals surface area contributed by atoms with Crippen LogP contribution in [0.5, 0.6) is 0 Å². The number of aromatic nitrogens is 1. The van der Waals surface area contributed by atoms with E-state index in [1.54, 1.807) is 24.4 Å². The van der Waals surface area contributed by atoms with E-state index in [2.05, 4.69) is 15.6 Å². The second-order valence-electron chi connectivity index (χ2n) is 6.27. The summed E-state index contributed by atoms with van der Waals surface area (Å²) < 4.78 is 23.2. The molecule has 0 bridgehead atoms. The number of sulfone groups is 1. The highest BCUT2D eigenvalue weighted by molar-refractivity contribution is 7.90. The minimum absolute atomic E-state index is 0.132. The van der Waals surface area contributed by atoms with Crippen LogP contribution >= 0.6 is 0 Å². The van der Waals surface area contributed by atoms with Crippen molar-refractivity contribution >= 4 is 38.0 Å². The number of nitrogens with one attached hydrogen (secondary N) is 2. The number of nitro groups is 1. The van der Waals surface area contributed by atoms with Crippen LogP contribution in [0.15, 0.2) is 59.6 Å². The number of rotatable bonds is 7. The summed E-state index contributed by atoms with van der Waals surface area (Å²) in [5, 5.41) is 17.6. The van der Waals surface area contributed by atoms with Gasteiger partial charge in [0.15, 0.2) is 9.84 Å². The number of hydrogen-bond acceptors (Lipinski definition) is 7. The lowest BCUT2D eigenvalue weighted by Crippen LogP contribution is -2.29. The summed E-state index contributed by atoms with van der Waals surface area (Å²) in [6, 6.07) is 12.5. The van der Waals surface area contributed by atoms with Crippen LogP contribution in [-0.2, 0) is 9.84 Å². The van der Waals surface area contributed by atoms with Gasteiger partial charge in [-0.2, -0.15) is 0 Å². The van der Waals surface area contributed by atoms with Gasteiger partial charge in [0, 0.05) is 42.6 Å². The first-order valence-corrected chi connectivity index (χ1v) is 10.5. The van der Waals surface area contributed by atoms with E-state index in [0.717, 1.165) is 17.7 Å². The molecule has 10 heteroatoms. The molecule has 0 aliphatic heterocycles. The maximum Gasteiger partial charge on any atom is 0.293 e. The van der Waals surface area contributed by atoms with Crippen molar-refractivity contribution in [2.45, 2.75) is 4.90 Å². The van der Waals surface area contributed by atoms with E-state index < -0.39 is 14.8 Å². The minimum atomic E-state index is -3.55. The Morgan fingerprint density at radius 1 is 1.14 bits per heavy atom. The van der Waals surface area contributed by atoms with Crippen LogP contribution in [0, 0.1) is 10.1 Å². The van der Waals surface area contributed by atoms with Crippen LogP contribution < -0.4 is 10.6 Å². The number of carbonyl (C=O) groups is 1. The van der Waals surface area contributed by atoms with E-state index in [1.165, 1.54) is 12.1 Å². The summed E-state index contributed by atoms with van der Waals surface area (Å²) in [4.78, 5) is 27.1. The average molecular weight is 414 g/mol. The smallest absolute Gasteiger partial charge is 0.293 e. The van der Waals surface area contributed by atoms with Crippen molar-refractivity contribution in [2.75, 3.05) is 24.7 Å². The highest BCUT2D eigenvalue weighted by Gasteiger charge is 2.18. The molecule has 1 heterocycles. The molecule has 150 valence electrons. The summed E-state index contributed by atoms with van der Waals surface area (Å²) in [6.45, 7) is 0.425. The van der Waals surface area contributed by atoms with Crippen LogP contribution in [-0.4, -0.2) is 43.6 Å². The van der Waals surface area contributed by atoms with E-state index in [4.69, 9.17) is 0 Å². The van der Waals surface area contributed by atoms with Crippen molar-refractivity contribution in [2.24, 2.45) is 0 Å². The third-order valence-corrected chi connectivity index (χ3v) is 5.32. The van der Waals surface area contributed by atoms with Gasteiger partial charge in [0.1, 0.15) is 5.69 Å². The Balaban J connectivity index is 1.66. The molecule has 1 aromatic heterocycles. The molecule has 3 aromatic rings. The van der Waals surface area contributed by atoms with Gasteiger partial charge in [-0.25, -0.2) is 8.42 Å². The van der Waals surface area contributed by atoms with Gasteiger partial charge in [-0.05, 0) is 30.3 Å². The number of nitrogens with zero attached hydrogens (tertiary/aromatic N) is 2. The van der Waals surface area contributed by atoms with Gasteiger partial charge in [-0.3, -0.25) is 19.9 Å². The summed E-state index contributed by atoms with van der Waals surface area (Å²) in [5.74, 6) is -0.285. The fraction of sp³-hybridized carbons (Fsp3) is 0.158. The molecule has 0 aliphatic carbocycles. The molecule has 3 rings (SSSR count). The number of fused-ring (bicyclic) bond motifs is 1. The van der Waals surface area contributed by atoms with Gasteiger partial charge >= 0.3 is 0 Å². The zero-order valence-corrected chi connectivity index (χ0v) is 16.3. The highest BCUT2D eigenvalue weighted by atomic mass is 32.2. The van der Waals surface area contributed by atoms with Crippen LogP contribution in [0.4, 0.5) is 11.4 Å². The lowest BCUT2D eigenvalue weighted by atomic mass is 10.1. The highest BCUT2D eigenvalue weighted by Crippen LogP contribution is 2.27. The maximum absolute atomic E-state index is 12.5. The number of benzene rings is 2. The van der Waals surface area contributed by atoms with Crippen molar-refractivity contribution in [3.8, 4) is 0 Å². The van der Waals surface area contributed by atoms with E-state index in [-0.39, 0.29) is 35.3 Å². The number of anilines is 1. The molecule has 0 saturated carbocycles. The van der Waals surface area contributed by atoms with E-state index >= 15 is 0 Å². The largest absolute Gasteiger partial charge is 0.378 e. The topological polar surface area (TPSA) is 131 Å². The lowest BCUT2D eigenvalue weighted by Gasteiger charge is -2.10. The van der Waals surface area contributed by atoms with Crippen molar-refractivity contribution < 1.29 is 18.1 Å². The normalized spacial score (nSPS) is 11.2. The minimum Gasteiger partial charge on any atom is -0.378 e. The molecule has 29 heavy (non-hydrogen) atoms. The molecule has 0 aliphatic rings. The Labute approximate surface area is 166 Å². The van der Waals surface area contributed by atoms with Gasteiger partial charge in [0.25, 0.3) is 11.6 Å². The standard InChI is InChI=1S/C19H18N4O5S/c1-29(27,28)13-7-8-17(18(12-13)23(25)26)21-10-11-22-19(24)15-4-2-6-16-14(15)5-3-9-20-16/h2-9,12,21H,10-11H2,1H3,(H,22,24). The number of amides is 1. The molecule has 0 fully saturated rings. The second-order valence-corrected chi connectivity index (χ2v) is 8.28. The van der Waals surface area contributed by atoms with Crippen molar-refractivity contribution in [1.82, 2.24) is 10.3 Å². The summed E-state index contributed by atoms with van der Waals surface area (Å²) in [7, 11) is -3.55. The Hall–Kier alpha value is -3.53. The summed E-state index contributed by atoms with van der Waals surface area (Å²) in [6.07, 6.45) is 2.63. The van der Waals surface area contributed by atoms with Gasteiger partial charge in [-0.15, -0.1) is 0 Å². The third kappa shape index (κ3) is 4.66. The molecule has 0 unspecified atom stereocenters. The quantitative estimate of drug-likeness (QED) is 0.345. The molecule has 1 amide bonds.